The zero-order valence-electron chi connectivity index (χ0n) is 14.9. The largest absolute Gasteiger partial charge is 0.411 e. The highest BCUT2D eigenvalue weighted by Crippen LogP contribution is 2.27. The first kappa shape index (κ1) is 20.5. The van der Waals surface area contributed by atoms with Gasteiger partial charge in [-0.1, -0.05) is 29.4 Å². The lowest BCUT2D eigenvalue weighted by molar-refractivity contribution is -0.141. The van der Waals surface area contributed by atoms with Gasteiger partial charge in [0.15, 0.2) is 5.78 Å². The van der Waals surface area contributed by atoms with Crippen molar-refractivity contribution in [2.24, 2.45) is 0 Å². The minimum atomic E-state index is -4.36. The second kappa shape index (κ2) is 8.00. The summed E-state index contributed by atoms with van der Waals surface area (Å²) in [5.74, 6) is -0.0807. The predicted molar refractivity (Wildman–Crippen MR) is 99.8 cm³/mol. The Morgan fingerprint density at radius 1 is 1.25 bits per heavy atom. The fourth-order valence-electron chi connectivity index (χ4n) is 2.72. The van der Waals surface area contributed by atoms with Crippen LogP contribution in [0.4, 0.5) is 13.2 Å². The SMILES string of the molecule is Cc1cc(C(=O)CSc2nnc(-c3cccc(Cl)c3)o2)c(C)n1CC(F)(F)F. The molecule has 3 rings (SSSR count). The number of Topliss-reactive ketones (excluding diaryl/α,β-unsaturated/α-hetero) is 1. The highest BCUT2D eigenvalue weighted by atomic mass is 35.5. The molecule has 148 valence electrons. The molecule has 5 nitrogen and oxygen atoms in total. The standard InChI is InChI=1S/C18H15ClF3N3O2S/c1-10-6-14(11(2)25(10)9-18(20,21)22)15(26)8-28-17-24-23-16(27-17)12-4-3-5-13(19)7-12/h3-7H,8-9H2,1-2H3. The van der Waals surface area contributed by atoms with Gasteiger partial charge in [0.1, 0.15) is 6.54 Å². The molecule has 0 radical (unpaired) electrons. The number of ketones is 1. The molecule has 0 aliphatic heterocycles. The van der Waals surface area contributed by atoms with Crippen LogP contribution in [0.15, 0.2) is 40.0 Å². The number of carbonyl (C=O) groups excluding carboxylic acids is 1. The number of carbonyl (C=O) groups is 1. The van der Waals surface area contributed by atoms with E-state index in [1.54, 1.807) is 24.3 Å². The van der Waals surface area contributed by atoms with Crippen LogP contribution in [0, 0.1) is 13.8 Å². The van der Waals surface area contributed by atoms with Crippen molar-refractivity contribution >= 4 is 29.1 Å². The minimum Gasteiger partial charge on any atom is -0.411 e. The van der Waals surface area contributed by atoms with Crippen LogP contribution < -0.4 is 0 Å². The second-order valence-electron chi connectivity index (χ2n) is 6.08. The predicted octanol–water partition coefficient (Wildman–Crippen LogP) is 5.35. The molecule has 0 aliphatic carbocycles. The summed E-state index contributed by atoms with van der Waals surface area (Å²) in [6.45, 7) is 1.91. The van der Waals surface area contributed by atoms with E-state index in [4.69, 9.17) is 16.0 Å². The maximum Gasteiger partial charge on any atom is 0.406 e. The Balaban J connectivity index is 1.69. The number of nitrogens with zero attached hydrogens (tertiary/aromatic N) is 3. The molecule has 0 bridgehead atoms. The topological polar surface area (TPSA) is 60.9 Å². The summed E-state index contributed by atoms with van der Waals surface area (Å²) in [5, 5.41) is 8.51. The van der Waals surface area contributed by atoms with E-state index in [-0.39, 0.29) is 33.9 Å². The van der Waals surface area contributed by atoms with E-state index in [2.05, 4.69) is 10.2 Å². The number of aromatic nitrogens is 3. The molecular formula is C18H15ClF3N3O2S. The summed E-state index contributed by atoms with van der Waals surface area (Å²) in [5.41, 5.74) is 1.56. The number of aryl methyl sites for hydroxylation is 1. The van der Waals surface area contributed by atoms with Crippen molar-refractivity contribution in [1.82, 2.24) is 14.8 Å². The van der Waals surface area contributed by atoms with Crippen molar-refractivity contribution in [2.45, 2.75) is 31.8 Å². The quantitative estimate of drug-likeness (QED) is 0.390. The molecule has 1 aromatic carbocycles. The van der Waals surface area contributed by atoms with Gasteiger partial charge in [-0.15, -0.1) is 10.2 Å². The van der Waals surface area contributed by atoms with Crippen LogP contribution in [0.2, 0.25) is 5.02 Å². The third-order valence-corrected chi connectivity index (χ3v) is 5.07. The molecule has 0 N–H and O–H groups in total. The first-order chi connectivity index (χ1) is 13.1. The molecule has 3 aromatic rings. The van der Waals surface area contributed by atoms with Gasteiger partial charge in [-0.25, -0.2) is 0 Å². The Labute approximate surface area is 167 Å². The first-order valence-electron chi connectivity index (χ1n) is 8.13. The molecule has 0 aliphatic rings. The maximum atomic E-state index is 12.7. The Morgan fingerprint density at radius 3 is 2.68 bits per heavy atom. The van der Waals surface area contributed by atoms with E-state index in [1.165, 1.54) is 19.9 Å². The van der Waals surface area contributed by atoms with Crippen LogP contribution in [-0.2, 0) is 6.54 Å². The Hall–Kier alpha value is -2.26. The minimum absolute atomic E-state index is 0.0342. The van der Waals surface area contributed by atoms with E-state index in [0.717, 1.165) is 16.3 Å². The number of benzene rings is 1. The van der Waals surface area contributed by atoms with E-state index in [1.807, 2.05) is 0 Å². The van der Waals surface area contributed by atoms with Crippen molar-refractivity contribution in [3.05, 3.63) is 52.3 Å². The fraction of sp³-hybridized carbons (Fsp3) is 0.278. The average molecular weight is 430 g/mol. The molecule has 2 aromatic heterocycles. The molecular weight excluding hydrogens is 415 g/mol. The molecule has 0 fully saturated rings. The lowest BCUT2D eigenvalue weighted by Gasteiger charge is -2.12. The molecule has 0 saturated heterocycles. The smallest absolute Gasteiger partial charge is 0.406 e. The number of thioether (sulfide) groups is 1. The first-order valence-corrected chi connectivity index (χ1v) is 9.49. The highest BCUT2D eigenvalue weighted by Gasteiger charge is 2.30. The van der Waals surface area contributed by atoms with Crippen LogP contribution in [0.5, 0.6) is 0 Å². The van der Waals surface area contributed by atoms with Crippen molar-refractivity contribution < 1.29 is 22.4 Å². The zero-order chi connectivity index (χ0) is 20.5. The molecule has 0 atom stereocenters. The number of hydrogen-bond donors (Lipinski definition) is 0. The maximum absolute atomic E-state index is 12.7. The van der Waals surface area contributed by atoms with Crippen LogP contribution in [-0.4, -0.2) is 32.5 Å². The molecule has 2 heterocycles. The van der Waals surface area contributed by atoms with Crippen LogP contribution in [0.1, 0.15) is 21.7 Å². The molecule has 10 heteroatoms. The van der Waals surface area contributed by atoms with E-state index in [0.29, 0.717) is 16.3 Å². The molecule has 0 amide bonds. The highest BCUT2D eigenvalue weighted by molar-refractivity contribution is 7.99. The summed E-state index contributed by atoms with van der Waals surface area (Å²) in [6.07, 6.45) is -4.36. The van der Waals surface area contributed by atoms with Gasteiger partial charge in [-0.2, -0.15) is 13.2 Å². The Morgan fingerprint density at radius 2 is 2.00 bits per heavy atom. The van der Waals surface area contributed by atoms with E-state index >= 15 is 0 Å². The van der Waals surface area contributed by atoms with Crippen LogP contribution in [0.25, 0.3) is 11.5 Å². The number of hydrogen-bond acceptors (Lipinski definition) is 5. The fourth-order valence-corrected chi connectivity index (χ4v) is 3.55. The van der Waals surface area contributed by atoms with Gasteiger partial charge < -0.3 is 8.98 Å². The monoisotopic (exact) mass is 429 g/mol. The van der Waals surface area contributed by atoms with E-state index < -0.39 is 12.7 Å². The van der Waals surface area contributed by atoms with Gasteiger partial charge in [-0.05, 0) is 38.1 Å². The summed E-state index contributed by atoms with van der Waals surface area (Å²) >= 11 is 6.96. The normalized spacial score (nSPS) is 11.8. The number of rotatable bonds is 6. The van der Waals surface area contributed by atoms with Gasteiger partial charge in [0.2, 0.25) is 5.89 Å². The van der Waals surface area contributed by atoms with Crippen molar-refractivity contribution in [2.75, 3.05) is 5.75 Å². The van der Waals surface area contributed by atoms with Gasteiger partial charge in [-0.3, -0.25) is 4.79 Å². The van der Waals surface area contributed by atoms with Crippen LogP contribution >= 0.6 is 23.4 Å². The molecule has 0 unspecified atom stereocenters. The lowest BCUT2D eigenvalue weighted by atomic mass is 10.2. The van der Waals surface area contributed by atoms with Gasteiger partial charge >= 0.3 is 6.18 Å². The average Bonchev–Trinajstić information content (AvgIpc) is 3.19. The zero-order valence-corrected chi connectivity index (χ0v) is 16.5. The van der Waals surface area contributed by atoms with E-state index in [9.17, 15) is 18.0 Å². The van der Waals surface area contributed by atoms with Crippen molar-refractivity contribution in [3.63, 3.8) is 0 Å². The van der Waals surface area contributed by atoms with Gasteiger partial charge in [0.05, 0.1) is 5.75 Å². The van der Waals surface area contributed by atoms with Gasteiger partial charge in [0.25, 0.3) is 5.22 Å². The van der Waals surface area contributed by atoms with Crippen molar-refractivity contribution in [1.29, 1.82) is 0 Å². The summed E-state index contributed by atoms with van der Waals surface area (Å²) < 4.78 is 44.7. The van der Waals surface area contributed by atoms with Crippen LogP contribution in [0.3, 0.4) is 0 Å². The lowest BCUT2D eigenvalue weighted by Crippen LogP contribution is -2.19. The molecule has 0 spiro atoms. The summed E-state index contributed by atoms with van der Waals surface area (Å²) in [6, 6.07) is 8.35. The molecule has 0 saturated carbocycles. The Kier molecular flexibility index (Phi) is 5.85. The third-order valence-electron chi connectivity index (χ3n) is 4.02. The number of alkyl halides is 3. The Bertz CT molecular complexity index is 1010. The second-order valence-corrected chi connectivity index (χ2v) is 7.44. The van der Waals surface area contributed by atoms with Crippen molar-refractivity contribution in [3.8, 4) is 11.5 Å². The summed E-state index contributed by atoms with van der Waals surface area (Å²) in [4.78, 5) is 12.5. The van der Waals surface area contributed by atoms with Gasteiger partial charge in [0, 0.05) is 27.5 Å². The number of halogens is 4. The molecule has 28 heavy (non-hydrogen) atoms. The summed E-state index contributed by atoms with van der Waals surface area (Å²) in [7, 11) is 0. The third kappa shape index (κ3) is 4.77.